The zero-order chi connectivity index (χ0) is 21.3. The normalized spacial score (nSPS) is 19.6. The van der Waals surface area contributed by atoms with Crippen LogP contribution in [-0.2, 0) is 6.54 Å². The Kier molecular flexibility index (Phi) is 5.72. The summed E-state index contributed by atoms with van der Waals surface area (Å²) in [5.41, 5.74) is 0.601. The van der Waals surface area contributed by atoms with E-state index in [1.54, 1.807) is 24.1 Å². The fourth-order valence-corrected chi connectivity index (χ4v) is 4.14. The Morgan fingerprint density at radius 1 is 1.23 bits per heavy atom. The van der Waals surface area contributed by atoms with Crippen LogP contribution in [0.3, 0.4) is 0 Å². The maximum Gasteiger partial charge on any atom is 0.275 e. The molecule has 1 unspecified atom stereocenters. The number of carbonyl (C=O) groups excluding carboxylic acids is 2. The molecule has 1 aromatic carbocycles. The molecule has 0 aliphatic carbocycles. The smallest absolute Gasteiger partial charge is 0.275 e. The molecule has 1 atom stereocenters. The van der Waals surface area contributed by atoms with E-state index in [0.717, 1.165) is 25.9 Å². The quantitative estimate of drug-likeness (QED) is 0.777. The predicted molar refractivity (Wildman–Crippen MR) is 108 cm³/mol. The summed E-state index contributed by atoms with van der Waals surface area (Å²) >= 11 is 0. The number of carbonyl (C=O) groups is 2. The molecule has 1 aromatic heterocycles. The molecule has 0 bridgehead atoms. The number of hydrogen-bond acceptors (Lipinski definition) is 5. The molecular formula is C21H26FN5O3. The van der Waals surface area contributed by atoms with Gasteiger partial charge in [0.1, 0.15) is 5.82 Å². The summed E-state index contributed by atoms with van der Waals surface area (Å²) < 4.78 is 14.5. The lowest BCUT2D eigenvalue weighted by molar-refractivity contribution is 0.0666. The average Bonchev–Trinajstić information content (AvgIpc) is 3.10. The molecule has 0 radical (unpaired) electrons. The summed E-state index contributed by atoms with van der Waals surface area (Å²) in [7, 11) is 1.69. The summed E-state index contributed by atoms with van der Waals surface area (Å²) in [6.07, 6.45) is 3.53. The number of nitrogens with zero attached hydrogens (tertiary/aromatic N) is 4. The van der Waals surface area contributed by atoms with Gasteiger partial charge in [-0.25, -0.2) is 9.07 Å². The molecular weight excluding hydrogens is 389 g/mol. The topological polar surface area (TPSA) is 90.7 Å². The van der Waals surface area contributed by atoms with E-state index < -0.39 is 11.7 Å². The number of fused-ring (bicyclic) bond motifs is 1. The first-order valence-electron chi connectivity index (χ1n) is 10.3. The largest absolute Gasteiger partial charge is 0.504 e. The first-order chi connectivity index (χ1) is 14.4. The first kappa shape index (κ1) is 20.3. The van der Waals surface area contributed by atoms with Gasteiger partial charge in [-0.15, -0.1) is 0 Å². The molecule has 1 saturated heterocycles. The first-order valence-corrected chi connectivity index (χ1v) is 10.3. The zero-order valence-corrected chi connectivity index (χ0v) is 17.0. The van der Waals surface area contributed by atoms with Gasteiger partial charge < -0.3 is 20.2 Å². The molecule has 2 amide bonds. The fourth-order valence-electron chi connectivity index (χ4n) is 4.14. The highest BCUT2D eigenvalue weighted by molar-refractivity contribution is 6.02. The van der Waals surface area contributed by atoms with Crippen LogP contribution in [-0.4, -0.2) is 69.7 Å². The highest BCUT2D eigenvalue weighted by Crippen LogP contribution is 2.31. The molecule has 4 rings (SSSR count). The lowest BCUT2D eigenvalue weighted by atomic mass is 10.1. The summed E-state index contributed by atoms with van der Waals surface area (Å²) in [4.78, 5) is 29.2. The van der Waals surface area contributed by atoms with E-state index in [1.807, 2.05) is 0 Å². The van der Waals surface area contributed by atoms with Crippen molar-refractivity contribution in [2.45, 2.75) is 31.8 Å². The third-order valence-electron chi connectivity index (χ3n) is 5.76. The van der Waals surface area contributed by atoms with Crippen molar-refractivity contribution < 1.29 is 19.1 Å². The third-order valence-corrected chi connectivity index (χ3v) is 5.76. The van der Waals surface area contributed by atoms with Gasteiger partial charge in [0.2, 0.25) is 0 Å². The van der Waals surface area contributed by atoms with Crippen molar-refractivity contribution in [2.24, 2.45) is 0 Å². The van der Waals surface area contributed by atoms with Crippen molar-refractivity contribution in [1.82, 2.24) is 24.9 Å². The van der Waals surface area contributed by atoms with E-state index in [1.165, 1.54) is 23.2 Å². The maximum atomic E-state index is 13.0. The minimum atomic E-state index is -0.578. The highest BCUT2D eigenvalue weighted by Gasteiger charge is 2.37. The predicted octanol–water partition coefficient (Wildman–Crippen LogP) is 1.77. The Balaban J connectivity index is 1.54. The van der Waals surface area contributed by atoms with Gasteiger partial charge in [0.15, 0.2) is 17.1 Å². The number of benzene rings is 1. The molecule has 0 spiro atoms. The van der Waals surface area contributed by atoms with E-state index in [-0.39, 0.29) is 35.7 Å². The fraction of sp³-hybridized carbons (Fsp3) is 0.476. The molecule has 2 N–H and O–H groups in total. The minimum Gasteiger partial charge on any atom is -0.504 e. The van der Waals surface area contributed by atoms with Gasteiger partial charge >= 0.3 is 0 Å². The number of likely N-dealkylation sites (tertiary alicyclic amines) is 1. The van der Waals surface area contributed by atoms with Gasteiger partial charge in [-0.1, -0.05) is 18.6 Å². The van der Waals surface area contributed by atoms with E-state index in [9.17, 15) is 19.1 Å². The summed E-state index contributed by atoms with van der Waals surface area (Å²) in [6, 6.07) is 5.63. The second-order valence-electron chi connectivity index (χ2n) is 8.00. The van der Waals surface area contributed by atoms with Crippen LogP contribution >= 0.6 is 0 Å². The van der Waals surface area contributed by atoms with Gasteiger partial charge in [0.25, 0.3) is 11.8 Å². The van der Waals surface area contributed by atoms with Crippen LogP contribution in [0.1, 0.15) is 51.8 Å². The molecule has 30 heavy (non-hydrogen) atoms. The molecule has 2 aliphatic rings. The van der Waals surface area contributed by atoms with Crippen LogP contribution in [0, 0.1) is 5.82 Å². The molecule has 1 fully saturated rings. The van der Waals surface area contributed by atoms with Crippen LogP contribution in [0.25, 0.3) is 0 Å². The monoisotopic (exact) mass is 415 g/mol. The Morgan fingerprint density at radius 2 is 1.93 bits per heavy atom. The van der Waals surface area contributed by atoms with Crippen molar-refractivity contribution in [1.29, 1.82) is 0 Å². The third kappa shape index (κ3) is 4.02. The van der Waals surface area contributed by atoms with Crippen molar-refractivity contribution >= 4 is 11.8 Å². The molecule has 8 nitrogen and oxygen atoms in total. The Bertz CT molecular complexity index is 937. The van der Waals surface area contributed by atoms with Crippen molar-refractivity contribution in [2.75, 3.05) is 33.2 Å². The van der Waals surface area contributed by atoms with Gasteiger partial charge in [0.05, 0.1) is 6.04 Å². The number of halogens is 1. The number of aromatic nitrogens is 2. The minimum absolute atomic E-state index is 0.0534. The maximum absolute atomic E-state index is 13.0. The Labute approximate surface area is 174 Å². The van der Waals surface area contributed by atoms with E-state index in [0.29, 0.717) is 18.7 Å². The molecule has 2 aromatic rings. The van der Waals surface area contributed by atoms with Crippen LogP contribution in [0.15, 0.2) is 24.3 Å². The lowest BCUT2D eigenvalue weighted by Crippen LogP contribution is -2.46. The SMILES string of the molecule is CN1CC(CN2CCCCC2)n2nc(C(=O)NCc3ccc(F)cc3)c(O)c2C1=O. The van der Waals surface area contributed by atoms with Crippen molar-refractivity contribution in [3.8, 4) is 5.75 Å². The molecule has 3 heterocycles. The number of likely N-dealkylation sites (N-methyl/N-ethyl adjacent to an activating group) is 1. The van der Waals surface area contributed by atoms with Crippen molar-refractivity contribution in [3.05, 3.63) is 47.0 Å². The Morgan fingerprint density at radius 3 is 2.63 bits per heavy atom. The summed E-state index contributed by atoms with van der Waals surface area (Å²) in [5, 5.41) is 17.6. The number of amides is 2. The number of rotatable bonds is 5. The van der Waals surface area contributed by atoms with Gasteiger partial charge in [-0.3, -0.25) is 9.59 Å². The number of piperidine rings is 1. The number of hydrogen-bond donors (Lipinski definition) is 2. The summed E-state index contributed by atoms with van der Waals surface area (Å²) in [6.45, 7) is 3.35. The van der Waals surface area contributed by atoms with Gasteiger partial charge in [0, 0.05) is 26.7 Å². The van der Waals surface area contributed by atoms with Gasteiger partial charge in [-0.2, -0.15) is 5.10 Å². The number of nitrogens with one attached hydrogen (secondary N) is 1. The molecule has 160 valence electrons. The van der Waals surface area contributed by atoms with Crippen LogP contribution in [0.4, 0.5) is 4.39 Å². The standard InChI is InChI=1S/C21H26FN5O3/c1-25-12-16(13-26-9-3-2-4-10-26)27-18(21(25)30)19(28)17(24-27)20(29)23-11-14-5-7-15(22)8-6-14/h5-8,16,28H,2-4,9-13H2,1H3,(H,23,29). The van der Waals surface area contributed by atoms with Gasteiger partial charge in [-0.05, 0) is 43.6 Å². The van der Waals surface area contributed by atoms with E-state index in [2.05, 4.69) is 15.3 Å². The van der Waals surface area contributed by atoms with E-state index >= 15 is 0 Å². The number of aromatic hydroxyl groups is 1. The highest BCUT2D eigenvalue weighted by atomic mass is 19.1. The zero-order valence-electron chi connectivity index (χ0n) is 17.0. The van der Waals surface area contributed by atoms with E-state index in [4.69, 9.17) is 0 Å². The second-order valence-corrected chi connectivity index (χ2v) is 8.00. The molecule has 2 aliphatic heterocycles. The van der Waals surface area contributed by atoms with Crippen LogP contribution in [0.2, 0.25) is 0 Å². The Hall–Kier alpha value is -2.94. The van der Waals surface area contributed by atoms with Crippen LogP contribution in [0.5, 0.6) is 5.75 Å². The van der Waals surface area contributed by atoms with Crippen LogP contribution < -0.4 is 5.32 Å². The van der Waals surface area contributed by atoms with Crippen molar-refractivity contribution in [3.63, 3.8) is 0 Å². The molecule has 9 heteroatoms. The average molecular weight is 415 g/mol. The second kappa shape index (κ2) is 8.43. The summed E-state index contributed by atoms with van der Waals surface area (Å²) in [5.74, 6) is -1.68. The lowest BCUT2D eigenvalue weighted by Gasteiger charge is -2.35. The molecule has 0 saturated carbocycles.